The summed E-state index contributed by atoms with van der Waals surface area (Å²) in [6.45, 7) is 0.345. The molecule has 0 spiro atoms. The molecule has 4 rings (SSSR count). The van der Waals surface area contributed by atoms with Gasteiger partial charge in [-0.3, -0.25) is 9.78 Å². The van der Waals surface area contributed by atoms with Crippen LogP contribution in [0.5, 0.6) is 11.5 Å². The van der Waals surface area contributed by atoms with E-state index in [9.17, 15) is 10.1 Å². The fourth-order valence-electron chi connectivity index (χ4n) is 3.27. The maximum Gasteiger partial charge on any atom is 0.270 e. The van der Waals surface area contributed by atoms with Gasteiger partial charge in [-0.2, -0.15) is 10.4 Å². The van der Waals surface area contributed by atoms with Gasteiger partial charge in [-0.25, -0.2) is 10.4 Å². The molecular formula is C26H20BrN5O3. The van der Waals surface area contributed by atoms with Gasteiger partial charge in [-0.1, -0.05) is 58.4 Å². The van der Waals surface area contributed by atoms with Crippen LogP contribution in [0.4, 0.5) is 5.95 Å². The van der Waals surface area contributed by atoms with Crippen molar-refractivity contribution >= 4 is 28.1 Å². The zero-order valence-electron chi connectivity index (χ0n) is 18.7. The number of hydrazone groups is 1. The predicted molar refractivity (Wildman–Crippen MR) is 138 cm³/mol. The lowest BCUT2D eigenvalue weighted by Gasteiger charge is -2.11. The molecule has 0 radical (unpaired) electrons. The Morgan fingerprint density at radius 2 is 1.97 bits per heavy atom. The Morgan fingerprint density at radius 1 is 1.14 bits per heavy atom. The lowest BCUT2D eigenvalue weighted by molar-refractivity contribution is 0.304. The molecule has 0 saturated heterocycles. The van der Waals surface area contributed by atoms with E-state index in [0.29, 0.717) is 23.5 Å². The minimum atomic E-state index is -0.552. The molecule has 3 aromatic carbocycles. The first-order chi connectivity index (χ1) is 17.1. The SMILES string of the molecule is COc1cccc(COc2ccc(Br)cc2C=NNc2nc(-c3ccccc3)c(C#N)c(=O)[nH]2)c1. The van der Waals surface area contributed by atoms with Gasteiger partial charge in [0.2, 0.25) is 5.95 Å². The van der Waals surface area contributed by atoms with E-state index >= 15 is 0 Å². The first-order valence-electron chi connectivity index (χ1n) is 10.5. The molecule has 0 aliphatic carbocycles. The van der Waals surface area contributed by atoms with Crippen molar-refractivity contribution in [2.24, 2.45) is 5.10 Å². The number of nitrogens with one attached hydrogen (secondary N) is 2. The van der Waals surface area contributed by atoms with Crippen molar-refractivity contribution < 1.29 is 9.47 Å². The second kappa shape index (κ2) is 11.1. The largest absolute Gasteiger partial charge is 0.497 e. The van der Waals surface area contributed by atoms with E-state index in [4.69, 9.17) is 9.47 Å². The van der Waals surface area contributed by atoms with E-state index in [1.807, 2.05) is 66.7 Å². The van der Waals surface area contributed by atoms with Crippen molar-refractivity contribution in [3.63, 3.8) is 0 Å². The van der Waals surface area contributed by atoms with Gasteiger partial charge in [0.15, 0.2) is 0 Å². The van der Waals surface area contributed by atoms with Gasteiger partial charge in [-0.05, 0) is 35.9 Å². The highest BCUT2D eigenvalue weighted by Gasteiger charge is 2.13. The minimum absolute atomic E-state index is 0.0639. The summed E-state index contributed by atoms with van der Waals surface area (Å²) in [5.74, 6) is 1.48. The molecule has 35 heavy (non-hydrogen) atoms. The molecule has 0 unspecified atom stereocenters. The number of aromatic nitrogens is 2. The highest BCUT2D eigenvalue weighted by molar-refractivity contribution is 9.10. The Kier molecular flexibility index (Phi) is 7.55. The molecule has 1 heterocycles. The number of H-pyrrole nitrogens is 1. The third kappa shape index (κ3) is 5.93. The maximum absolute atomic E-state index is 12.4. The molecule has 4 aromatic rings. The monoisotopic (exact) mass is 529 g/mol. The molecule has 0 aliphatic heterocycles. The van der Waals surface area contributed by atoms with E-state index in [-0.39, 0.29) is 17.2 Å². The van der Waals surface area contributed by atoms with Crippen LogP contribution >= 0.6 is 15.9 Å². The van der Waals surface area contributed by atoms with Crippen LogP contribution in [0.3, 0.4) is 0 Å². The summed E-state index contributed by atoms with van der Waals surface area (Å²) in [5.41, 5.74) is 4.72. The summed E-state index contributed by atoms with van der Waals surface area (Å²) >= 11 is 3.46. The number of ether oxygens (including phenoxy) is 2. The first-order valence-corrected chi connectivity index (χ1v) is 11.3. The summed E-state index contributed by atoms with van der Waals surface area (Å²) in [4.78, 5) is 19.3. The molecule has 1 aromatic heterocycles. The number of halogens is 1. The molecule has 0 atom stereocenters. The Balaban J connectivity index is 1.55. The zero-order chi connectivity index (χ0) is 24.6. The standard InChI is InChI=1S/C26H20BrN5O3/c1-34-21-9-5-6-17(12-21)16-35-23-11-10-20(27)13-19(23)15-29-32-26-30-24(18-7-3-2-4-8-18)22(14-28)25(33)31-26/h2-13,15H,16H2,1H3,(H2,30,31,32,33). The Hall–Kier alpha value is -4.42. The van der Waals surface area contributed by atoms with Gasteiger partial charge in [0, 0.05) is 15.6 Å². The number of nitriles is 1. The van der Waals surface area contributed by atoms with Crippen LogP contribution in [0.15, 0.2) is 87.2 Å². The Morgan fingerprint density at radius 3 is 2.74 bits per heavy atom. The smallest absolute Gasteiger partial charge is 0.270 e. The van der Waals surface area contributed by atoms with Crippen molar-refractivity contribution in [3.05, 3.63) is 104 Å². The van der Waals surface area contributed by atoms with Crippen molar-refractivity contribution in [2.75, 3.05) is 12.5 Å². The van der Waals surface area contributed by atoms with Crippen LogP contribution in [-0.2, 0) is 6.61 Å². The van der Waals surface area contributed by atoms with Gasteiger partial charge in [0.05, 0.1) is 19.0 Å². The van der Waals surface area contributed by atoms with Gasteiger partial charge in [0.25, 0.3) is 5.56 Å². The minimum Gasteiger partial charge on any atom is -0.497 e. The van der Waals surface area contributed by atoms with E-state index in [2.05, 4.69) is 36.4 Å². The normalized spacial score (nSPS) is 10.7. The Bertz CT molecular complexity index is 1460. The van der Waals surface area contributed by atoms with Gasteiger partial charge in [0.1, 0.15) is 29.7 Å². The molecule has 9 heteroatoms. The number of benzene rings is 3. The summed E-state index contributed by atoms with van der Waals surface area (Å²) in [5, 5.41) is 13.6. The van der Waals surface area contributed by atoms with Crippen LogP contribution < -0.4 is 20.5 Å². The number of rotatable bonds is 8. The molecule has 0 aliphatic rings. The van der Waals surface area contributed by atoms with E-state index in [1.54, 1.807) is 25.5 Å². The second-order valence-electron chi connectivity index (χ2n) is 7.31. The molecule has 0 fully saturated rings. The fraction of sp³-hybridized carbons (Fsp3) is 0.0769. The van der Waals surface area contributed by atoms with Crippen molar-refractivity contribution in [2.45, 2.75) is 6.61 Å². The summed E-state index contributed by atoms with van der Waals surface area (Å²) < 4.78 is 12.1. The average Bonchev–Trinajstić information content (AvgIpc) is 2.88. The third-order valence-corrected chi connectivity index (χ3v) is 5.45. The maximum atomic E-state index is 12.4. The topological polar surface area (TPSA) is 112 Å². The van der Waals surface area contributed by atoms with Gasteiger partial charge >= 0.3 is 0 Å². The fourth-order valence-corrected chi connectivity index (χ4v) is 3.65. The van der Waals surface area contributed by atoms with Gasteiger partial charge < -0.3 is 9.47 Å². The van der Waals surface area contributed by atoms with Gasteiger partial charge in [-0.15, -0.1) is 0 Å². The van der Waals surface area contributed by atoms with Crippen molar-refractivity contribution in [1.82, 2.24) is 9.97 Å². The zero-order valence-corrected chi connectivity index (χ0v) is 20.2. The summed E-state index contributed by atoms with van der Waals surface area (Å²) in [7, 11) is 1.62. The lowest BCUT2D eigenvalue weighted by atomic mass is 10.1. The number of hydrogen-bond donors (Lipinski definition) is 2. The number of nitrogens with zero attached hydrogens (tertiary/aromatic N) is 3. The van der Waals surface area contributed by atoms with Crippen LogP contribution in [0.1, 0.15) is 16.7 Å². The summed E-state index contributed by atoms with van der Waals surface area (Å²) in [6, 6.07) is 24.1. The van der Waals surface area contributed by atoms with Crippen LogP contribution in [0, 0.1) is 11.3 Å². The molecule has 0 amide bonds. The van der Waals surface area contributed by atoms with Crippen LogP contribution in [-0.4, -0.2) is 23.3 Å². The quantitative estimate of drug-likeness (QED) is 0.242. The molecule has 0 saturated carbocycles. The van der Waals surface area contributed by atoms with E-state index in [1.165, 1.54) is 0 Å². The summed E-state index contributed by atoms with van der Waals surface area (Å²) in [6.07, 6.45) is 1.56. The number of hydrogen-bond acceptors (Lipinski definition) is 7. The third-order valence-electron chi connectivity index (χ3n) is 4.95. The van der Waals surface area contributed by atoms with Crippen molar-refractivity contribution in [3.8, 4) is 28.8 Å². The molecule has 2 N–H and O–H groups in total. The second-order valence-corrected chi connectivity index (χ2v) is 8.22. The number of methoxy groups -OCH3 is 1. The highest BCUT2D eigenvalue weighted by atomic mass is 79.9. The average molecular weight is 530 g/mol. The predicted octanol–water partition coefficient (Wildman–Crippen LogP) is 5.10. The Labute approximate surface area is 210 Å². The molecule has 174 valence electrons. The van der Waals surface area contributed by atoms with Crippen LogP contribution in [0.2, 0.25) is 0 Å². The molecule has 8 nitrogen and oxygen atoms in total. The first kappa shape index (κ1) is 23.7. The molecular weight excluding hydrogens is 510 g/mol. The number of anilines is 1. The number of aromatic amines is 1. The molecule has 0 bridgehead atoms. The van der Waals surface area contributed by atoms with E-state index < -0.39 is 5.56 Å². The van der Waals surface area contributed by atoms with E-state index in [0.717, 1.165) is 15.8 Å². The highest BCUT2D eigenvalue weighted by Crippen LogP contribution is 2.24. The lowest BCUT2D eigenvalue weighted by Crippen LogP contribution is -2.16. The van der Waals surface area contributed by atoms with Crippen LogP contribution in [0.25, 0.3) is 11.3 Å². The van der Waals surface area contributed by atoms with Crippen molar-refractivity contribution in [1.29, 1.82) is 5.26 Å².